The molecule has 0 heterocycles. The molecule has 0 aliphatic heterocycles. The summed E-state index contributed by atoms with van der Waals surface area (Å²) in [5.74, 6) is -0.748. The van der Waals surface area contributed by atoms with E-state index in [0.29, 0.717) is 0 Å². The van der Waals surface area contributed by atoms with Crippen LogP contribution in [0.15, 0.2) is 18.2 Å². The fourth-order valence-corrected chi connectivity index (χ4v) is 1.45. The standard InChI is InChI=1S/C12H11F3N2OS.K/c1-7(6-19)11(18)17-9-3-2-8(5-16)10(4-9)12(13,14)15;/h2-4,7,19H,6H2,1H3,(H,17,18);/q;+1/p-1. The molecule has 1 unspecified atom stereocenters. The largest absolute Gasteiger partial charge is 1.00 e. The van der Waals surface area contributed by atoms with Crippen LogP contribution in [0.4, 0.5) is 18.9 Å². The van der Waals surface area contributed by atoms with E-state index in [2.05, 4.69) is 5.32 Å². The number of benzene rings is 1. The van der Waals surface area contributed by atoms with Crippen LogP contribution in [0, 0.1) is 17.2 Å². The molecule has 0 bridgehead atoms. The van der Waals surface area contributed by atoms with Crippen molar-refractivity contribution in [3.63, 3.8) is 0 Å². The summed E-state index contributed by atoms with van der Waals surface area (Å²) < 4.78 is 38.1. The van der Waals surface area contributed by atoms with E-state index in [9.17, 15) is 18.0 Å². The number of anilines is 1. The number of carbonyl (C=O) groups is 1. The average Bonchev–Trinajstić information content (AvgIpc) is 2.36. The molecule has 1 rings (SSSR count). The van der Waals surface area contributed by atoms with Gasteiger partial charge in [-0.3, -0.25) is 4.79 Å². The molecule has 1 N–H and O–H groups in total. The molecule has 1 aromatic carbocycles. The Kier molecular flexibility index (Phi) is 8.39. The van der Waals surface area contributed by atoms with Crippen molar-refractivity contribution in [1.82, 2.24) is 0 Å². The molecule has 102 valence electrons. The van der Waals surface area contributed by atoms with Gasteiger partial charge in [-0.15, -0.1) is 0 Å². The summed E-state index contributed by atoms with van der Waals surface area (Å²) in [6.45, 7) is 1.58. The van der Waals surface area contributed by atoms with Crippen LogP contribution >= 0.6 is 0 Å². The number of nitriles is 1. The fourth-order valence-electron chi connectivity index (χ4n) is 1.30. The molecule has 1 amide bonds. The van der Waals surface area contributed by atoms with E-state index in [-0.39, 0.29) is 62.8 Å². The Morgan fingerprint density at radius 3 is 2.55 bits per heavy atom. The van der Waals surface area contributed by atoms with E-state index in [0.717, 1.165) is 12.1 Å². The Morgan fingerprint density at radius 1 is 1.50 bits per heavy atom. The summed E-state index contributed by atoms with van der Waals surface area (Å²) >= 11 is 4.71. The smallest absolute Gasteiger partial charge is 0.792 e. The first kappa shape index (κ1) is 20.0. The fraction of sp³-hybridized carbons (Fsp3) is 0.333. The molecule has 1 atom stereocenters. The number of hydrogen-bond donors (Lipinski definition) is 1. The predicted octanol–water partition coefficient (Wildman–Crippen LogP) is -0.297. The van der Waals surface area contributed by atoms with Crippen LogP contribution in [0.3, 0.4) is 0 Å². The first-order valence-electron chi connectivity index (χ1n) is 5.30. The minimum Gasteiger partial charge on any atom is -0.792 e. The number of rotatable bonds is 3. The van der Waals surface area contributed by atoms with Gasteiger partial charge in [-0.25, -0.2) is 0 Å². The molecule has 3 nitrogen and oxygen atoms in total. The Morgan fingerprint density at radius 2 is 2.10 bits per heavy atom. The summed E-state index contributed by atoms with van der Waals surface area (Å²) in [5.41, 5.74) is -1.56. The zero-order valence-electron chi connectivity index (χ0n) is 10.9. The summed E-state index contributed by atoms with van der Waals surface area (Å²) in [5, 5.41) is 11.0. The zero-order chi connectivity index (χ0) is 14.6. The van der Waals surface area contributed by atoms with Crippen molar-refractivity contribution >= 4 is 24.2 Å². The number of halogens is 3. The summed E-state index contributed by atoms with van der Waals surface area (Å²) in [6.07, 6.45) is -4.64. The summed E-state index contributed by atoms with van der Waals surface area (Å²) in [7, 11) is 0. The van der Waals surface area contributed by atoms with E-state index in [1.165, 1.54) is 12.1 Å². The molecular formula is C12H10F3KN2OS. The predicted molar refractivity (Wildman–Crippen MR) is 66.2 cm³/mol. The van der Waals surface area contributed by atoms with Gasteiger partial charge in [-0.1, -0.05) is 6.92 Å². The second-order valence-corrected chi connectivity index (χ2v) is 4.26. The summed E-state index contributed by atoms with van der Waals surface area (Å²) in [4.78, 5) is 11.5. The van der Waals surface area contributed by atoms with Crippen molar-refractivity contribution in [2.24, 2.45) is 5.92 Å². The van der Waals surface area contributed by atoms with Gasteiger partial charge in [-0.05, 0) is 18.2 Å². The van der Waals surface area contributed by atoms with Crippen LogP contribution < -0.4 is 56.7 Å². The van der Waals surface area contributed by atoms with Gasteiger partial charge in [0, 0.05) is 11.6 Å². The minimum absolute atomic E-state index is 0. The average molecular weight is 326 g/mol. The van der Waals surface area contributed by atoms with Crippen molar-refractivity contribution in [1.29, 1.82) is 5.26 Å². The Hall–Kier alpha value is -0.0436. The second-order valence-electron chi connectivity index (χ2n) is 3.93. The molecule has 0 aliphatic carbocycles. The molecule has 0 aromatic heterocycles. The molecule has 20 heavy (non-hydrogen) atoms. The van der Waals surface area contributed by atoms with Crippen molar-refractivity contribution in [3.8, 4) is 6.07 Å². The Bertz CT molecular complexity index is 528. The molecule has 0 aliphatic rings. The van der Waals surface area contributed by atoms with E-state index in [1.54, 1.807) is 6.92 Å². The third kappa shape index (κ3) is 5.39. The molecule has 0 saturated carbocycles. The van der Waals surface area contributed by atoms with Crippen LogP contribution in [-0.2, 0) is 23.6 Å². The van der Waals surface area contributed by atoms with E-state index in [4.69, 9.17) is 17.9 Å². The van der Waals surface area contributed by atoms with Crippen molar-refractivity contribution in [2.75, 3.05) is 11.1 Å². The zero-order valence-corrected chi connectivity index (χ0v) is 14.9. The second kappa shape index (κ2) is 8.41. The molecule has 0 spiro atoms. The molecule has 0 saturated heterocycles. The maximum Gasteiger partial charge on any atom is 1.00 e. The molecular weight excluding hydrogens is 316 g/mol. The maximum atomic E-state index is 12.7. The first-order chi connectivity index (χ1) is 8.79. The van der Waals surface area contributed by atoms with Gasteiger partial charge in [0.25, 0.3) is 0 Å². The molecule has 0 fully saturated rings. The molecule has 0 radical (unpaired) electrons. The van der Waals surface area contributed by atoms with Gasteiger partial charge < -0.3 is 17.9 Å². The van der Waals surface area contributed by atoms with Crippen LogP contribution in [0.25, 0.3) is 0 Å². The van der Waals surface area contributed by atoms with Crippen molar-refractivity contribution in [2.45, 2.75) is 13.1 Å². The normalized spacial score (nSPS) is 12.0. The topological polar surface area (TPSA) is 52.9 Å². The van der Waals surface area contributed by atoms with Gasteiger partial charge in [-0.2, -0.15) is 24.2 Å². The number of hydrogen-bond acceptors (Lipinski definition) is 3. The number of amides is 1. The van der Waals surface area contributed by atoms with E-state index < -0.39 is 29.1 Å². The molecule has 1 aromatic rings. The first-order valence-corrected chi connectivity index (χ1v) is 5.87. The third-order valence-corrected chi connectivity index (χ3v) is 2.91. The van der Waals surface area contributed by atoms with Crippen LogP contribution in [-0.4, -0.2) is 11.7 Å². The van der Waals surface area contributed by atoms with Crippen LogP contribution in [0.5, 0.6) is 0 Å². The maximum absolute atomic E-state index is 12.7. The van der Waals surface area contributed by atoms with Gasteiger partial charge in [0.1, 0.15) is 0 Å². The number of nitrogens with one attached hydrogen (secondary N) is 1. The third-order valence-electron chi connectivity index (χ3n) is 2.41. The minimum atomic E-state index is -4.64. The van der Waals surface area contributed by atoms with E-state index >= 15 is 0 Å². The number of nitrogens with zero attached hydrogens (tertiary/aromatic N) is 1. The quantitative estimate of drug-likeness (QED) is 0.613. The van der Waals surface area contributed by atoms with Crippen molar-refractivity contribution < 1.29 is 69.4 Å². The van der Waals surface area contributed by atoms with Gasteiger partial charge in [0.05, 0.1) is 17.2 Å². The Balaban J connectivity index is 0.00000361. The van der Waals surface area contributed by atoms with E-state index in [1.807, 2.05) is 0 Å². The number of alkyl halides is 3. The van der Waals surface area contributed by atoms with Gasteiger partial charge >= 0.3 is 57.6 Å². The van der Waals surface area contributed by atoms with Gasteiger partial charge in [0.2, 0.25) is 5.91 Å². The number of carbonyl (C=O) groups excluding carboxylic acids is 1. The molecule has 8 heteroatoms. The van der Waals surface area contributed by atoms with Crippen LogP contribution in [0.1, 0.15) is 18.1 Å². The Labute approximate surface area is 162 Å². The monoisotopic (exact) mass is 326 g/mol. The van der Waals surface area contributed by atoms with Gasteiger partial charge in [0.15, 0.2) is 0 Å². The summed E-state index contributed by atoms with van der Waals surface area (Å²) in [6, 6.07) is 4.49. The SMILES string of the molecule is CC(C[S-])C(=O)Nc1ccc(C#N)c(C(F)(F)F)c1.[K+]. The van der Waals surface area contributed by atoms with Crippen LogP contribution in [0.2, 0.25) is 0 Å². The van der Waals surface area contributed by atoms with Crippen molar-refractivity contribution in [3.05, 3.63) is 29.3 Å².